The second kappa shape index (κ2) is 4.93. The summed E-state index contributed by atoms with van der Waals surface area (Å²) in [5.74, 6) is 0.300. The number of nitrogens with one attached hydrogen (secondary N) is 1. The van der Waals surface area contributed by atoms with Crippen LogP contribution in [0.4, 0.5) is 4.39 Å². The van der Waals surface area contributed by atoms with E-state index < -0.39 is 0 Å². The predicted molar refractivity (Wildman–Crippen MR) is 71.3 cm³/mol. The Morgan fingerprint density at radius 3 is 3.05 bits per heavy atom. The first-order valence-corrected chi connectivity index (χ1v) is 6.93. The Hall–Kier alpha value is -1.42. The fourth-order valence-electron chi connectivity index (χ4n) is 2.94. The highest BCUT2D eigenvalue weighted by molar-refractivity contribution is 5.83. The molecule has 1 aliphatic carbocycles. The first-order chi connectivity index (χ1) is 9.15. The van der Waals surface area contributed by atoms with Crippen LogP contribution in [0.25, 0.3) is 0 Å². The van der Waals surface area contributed by atoms with Gasteiger partial charge in [-0.05, 0) is 37.0 Å². The van der Waals surface area contributed by atoms with Gasteiger partial charge in [-0.3, -0.25) is 4.79 Å². The number of benzene rings is 1. The molecule has 0 radical (unpaired) electrons. The van der Waals surface area contributed by atoms with Crippen molar-refractivity contribution < 1.29 is 9.18 Å². The highest BCUT2D eigenvalue weighted by Gasteiger charge is 2.46. The van der Waals surface area contributed by atoms with Crippen molar-refractivity contribution in [3.8, 4) is 0 Å². The Morgan fingerprint density at radius 2 is 2.32 bits per heavy atom. The number of amides is 1. The molecule has 3 nitrogen and oxygen atoms in total. The van der Waals surface area contributed by atoms with Crippen LogP contribution in [0.2, 0.25) is 0 Å². The molecule has 4 heteroatoms. The highest BCUT2D eigenvalue weighted by atomic mass is 19.1. The number of nitrogens with zero attached hydrogens (tertiary/aromatic N) is 1. The minimum atomic E-state index is -0.216. The van der Waals surface area contributed by atoms with Crippen LogP contribution >= 0.6 is 0 Å². The third-order valence-electron chi connectivity index (χ3n) is 4.06. The number of hydrogen-bond donors (Lipinski definition) is 1. The molecular formula is C15H19FN2O. The molecule has 1 amide bonds. The highest BCUT2D eigenvalue weighted by Crippen LogP contribution is 2.48. The molecular weight excluding hydrogens is 243 g/mol. The molecule has 3 rings (SSSR count). The molecule has 102 valence electrons. The molecule has 19 heavy (non-hydrogen) atoms. The van der Waals surface area contributed by atoms with E-state index in [2.05, 4.69) is 12.2 Å². The van der Waals surface area contributed by atoms with Crippen LogP contribution in [0, 0.1) is 11.7 Å². The largest absolute Gasteiger partial charge is 0.340 e. The van der Waals surface area contributed by atoms with E-state index >= 15 is 0 Å². The molecule has 1 aliphatic heterocycles. The monoisotopic (exact) mass is 262 g/mol. The van der Waals surface area contributed by atoms with Crippen molar-refractivity contribution in [3.63, 3.8) is 0 Å². The van der Waals surface area contributed by atoms with E-state index in [4.69, 9.17) is 0 Å². The van der Waals surface area contributed by atoms with Gasteiger partial charge in [0.15, 0.2) is 0 Å². The summed E-state index contributed by atoms with van der Waals surface area (Å²) in [4.78, 5) is 14.3. The number of piperazine rings is 1. The minimum Gasteiger partial charge on any atom is -0.340 e. The number of hydrogen-bond acceptors (Lipinski definition) is 2. The first kappa shape index (κ1) is 12.6. The van der Waals surface area contributed by atoms with Gasteiger partial charge in [-0.2, -0.15) is 0 Å². The summed E-state index contributed by atoms with van der Waals surface area (Å²) in [5.41, 5.74) is 0.960. The molecule has 2 fully saturated rings. The van der Waals surface area contributed by atoms with Crippen LogP contribution < -0.4 is 5.32 Å². The molecule has 0 aromatic heterocycles. The molecule has 1 heterocycles. The van der Waals surface area contributed by atoms with Gasteiger partial charge in [-0.1, -0.05) is 12.1 Å². The molecule has 3 atom stereocenters. The lowest BCUT2D eigenvalue weighted by Gasteiger charge is -2.32. The van der Waals surface area contributed by atoms with Crippen LogP contribution in [0.1, 0.15) is 24.8 Å². The SMILES string of the molecule is C[C@@H]1CN(C(=O)[C@@H]2C[C@@H]2c2cccc(F)c2)CCN1. The lowest BCUT2D eigenvalue weighted by Crippen LogP contribution is -2.51. The van der Waals surface area contributed by atoms with Crippen molar-refractivity contribution in [3.05, 3.63) is 35.6 Å². The lowest BCUT2D eigenvalue weighted by atomic mass is 10.1. The molecule has 1 saturated heterocycles. The van der Waals surface area contributed by atoms with Crippen molar-refractivity contribution in [1.29, 1.82) is 0 Å². The lowest BCUT2D eigenvalue weighted by molar-refractivity contribution is -0.133. The fourth-order valence-corrected chi connectivity index (χ4v) is 2.94. The number of halogens is 1. The van der Waals surface area contributed by atoms with Crippen LogP contribution in [-0.4, -0.2) is 36.5 Å². The molecule has 1 aromatic rings. The molecule has 2 aliphatic rings. The van der Waals surface area contributed by atoms with E-state index in [0.717, 1.165) is 31.6 Å². The fraction of sp³-hybridized carbons (Fsp3) is 0.533. The maximum atomic E-state index is 13.2. The number of carbonyl (C=O) groups excluding carboxylic acids is 1. The van der Waals surface area contributed by atoms with Gasteiger partial charge in [0.05, 0.1) is 0 Å². The standard InChI is InChI=1S/C15H19FN2O/c1-10-9-18(6-5-17-10)15(19)14-8-13(14)11-3-2-4-12(16)7-11/h2-4,7,10,13-14,17H,5-6,8-9H2,1H3/t10-,13-,14-/m1/s1. The third-order valence-corrected chi connectivity index (χ3v) is 4.06. The summed E-state index contributed by atoms with van der Waals surface area (Å²) in [6.45, 7) is 4.53. The van der Waals surface area contributed by atoms with Crippen LogP contribution in [-0.2, 0) is 4.79 Å². The maximum absolute atomic E-state index is 13.2. The summed E-state index contributed by atoms with van der Waals surface area (Å²) < 4.78 is 13.2. The van der Waals surface area contributed by atoms with Gasteiger partial charge >= 0.3 is 0 Å². The zero-order valence-corrected chi connectivity index (χ0v) is 11.1. The van der Waals surface area contributed by atoms with Crippen molar-refractivity contribution >= 4 is 5.91 Å². The second-order valence-corrected chi connectivity index (χ2v) is 5.64. The second-order valence-electron chi connectivity index (χ2n) is 5.64. The smallest absolute Gasteiger partial charge is 0.226 e. The molecule has 1 N–H and O–H groups in total. The average Bonchev–Trinajstić information content (AvgIpc) is 3.18. The van der Waals surface area contributed by atoms with E-state index in [9.17, 15) is 9.18 Å². The van der Waals surface area contributed by atoms with Crippen LogP contribution in [0.3, 0.4) is 0 Å². The van der Waals surface area contributed by atoms with Gasteiger partial charge in [0.25, 0.3) is 0 Å². The van der Waals surface area contributed by atoms with Gasteiger partial charge in [-0.25, -0.2) is 4.39 Å². The Kier molecular flexibility index (Phi) is 3.27. The van der Waals surface area contributed by atoms with E-state index in [1.165, 1.54) is 6.07 Å². The van der Waals surface area contributed by atoms with Crippen LogP contribution in [0.5, 0.6) is 0 Å². The summed E-state index contributed by atoms with van der Waals surface area (Å²) in [5, 5.41) is 3.33. The normalized spacial score (nSPS) is 30.2. The number of rotatable bonds is 2. The van der Waals surface area contributed by atoms with Gasteiger partial charge in [0.2, 0.25) is 5.91 Å². The Bertz CT molecular complexity index is 491. The summed E-state index contributed by atoms with van der Waals surface area (Å²) >= 11 is 0. The van der Waals surface area contributed by atoms with Crippen molar-refractivity contribution in [2.24, 2.45) is 5.92 Å². The quantitative estimate of drug-likeness (QED) is 0.880. The zero-order chi connectivity index (χ0) is 13.4. The number of carbonyl (C=O) groups is 1. The molecule has 0 unspecified atom stereocenters. The van der Waals surface area contributed by atoms with Gasteiger partial charge in [-0.15, -0.1) is 0 Å². The molecule has 0 spiro atoms. The van der Waals surface area contributed by atoms with Gasteiger partial charge in [0, 0.05) is 31.6 Å². The van der Waals surface area contributed by atoms with E-state index in [0.29, 0.717) is 6.04 Å². The Morgan fingerprint density at radius 1 is 1.47 bits per heavy atom. The first-order valence-electron chi connectivity index (χ1n) is 6.93. The average molecular weight is 262 g/mol. The maximum Gasteiger partial charge on any atom is 0.226 e. The molecule has 1 saturated carbocycles. The molecule has 0 bridgehead atoms. The van der Waals surface area contributed by atoms with Crippen LogP contribution in [0.15, 0.2) is 24.3 Å². The van der Waals surface area contributed by atoms with E-state index in [-0.39, 0.29) is 23.6 Å². The summed E-state index contributed by atoms with van der Waals surface area (Å²) in [7, 11) is 0. The van der Waals surface area contributed by atoms with Crippen molar-refractivity contribution in [2.75, 3.05) is 19.6 Å². The van der Waals surface area contributed by atoms with Gasteiger partial charge in [0.1, 0.15) is 5.82 Å². The minimum absolute atomic E-state index is 0.0621. The van der Waals surface area contributed by atoms with E-state index in [1.54, 1.807) is 12.1 Å². The van der Waals surface area contributed by atoms with Crippen molar-refractivity contribution in [2.45, 2.75) is 25.3 Å². The summed E-state index contributed by atoms with van der Waals surface area (Å²) in [6, 6.07) is 7.00. The Balaban J connectivity index is 1.64. The molecule has 1 aromatic carbocycles. The third kappa shape index (κ3) is 2.63. The van der Waals surface area contributed by atoms with Gasteiger partial charge < -0.3 is 10.2 Å². The topological polar surface area (TPSA) is 32.3 Å². The van der Waals surface area contributed by atoms with E-state index in [1.807, 2.05) is 11.0 Å². The summed E-state index contributed by atoms with van der Waals surface area (Å²) in [6.07, 6.45) is 0.862. The van der Waals surface area contributed by atoms with Crippen molar-refractivity contribution in [1.82, 2.24) is 10.2 Å². The Labute approximate surface area is 112 Å². The predicted octanol–water partition coefficient (Wildman–Crippen LogP) is 1.75. The zero-order valence-electron chi connectivity index (χ0n) is 11.1.